The molecule has 0 spiro atoms. The van der Waals surface area contributed by atoms with E-state index in [1.807, 2.05) is 60.7 Å². The van der Waals surface area contributed by atoms with Crippen LogP contribution in [-0.2, 0) is 0 Å². The Morgan fingerprint density at radius 3 is 0.900 bits per heavy atom. The molecule has 0 aliphatic carbocycles. The van der Waals surface area contributed by atoms with Gasteiger partial charge in [-0.05, 0) is 95.1 Å². The second kappa shape index (κ2) is 12.5. The summed E-state index contributed by atoms with van der Waals surface area (Å²) in [5.41, 5.74) is 15.3. The molecule has 3 aromatic heterocycles. The number of aromatic amines is 2. The zero-order valence-corrected chi connectivity index (χ0v) is 28.2. The fourth-order valence-corrected chi connectivity index (χ4v) is 7.11. The number of rotatable bonds is 4. The molecule has 0 atom stereocenters. The van der Waals surface area contributed by atoms with Crippen LogP contribution in [0.4, 0.5) is 0 Å². The molecule has 2 N–H and O–H groups in total. The van der Waals surface area contributed by atoms with Gasteiger partial charge in [0.05, 0.1) is 22.8 Å². The van der Waals surface area contributed by atoms with Crippen LogP contribution in [0.25, 0.3) is 90.9 Å². The second-order valence-electron chi connectivity index (χ2n) is 12.2. The van der Waals surface area contributed by atoms with E-state index in [1.54, 1.807) is 0 Å². The monoisotopic (exact) mass is 682 g/mol. The van der Waals surface area contributed by atoms with Gasteiger partial charge in [-0.3, -0.25) is 0 Å². The predicted octanol–water partition coefficient (Wildman–Crippen LogP) is 12.6. The van der Waals surface area contributed by atoms with E-state index in [0.717, 1.165) is 89.4 Å². The first-order chi connectivity index (χ1) is 24.6. The smallest absolute Gasteiger partial charge is 0.0737 e. The van der Waals surface area contributed by atoms with Gasteiger partial charge in [-0.15, -0.1) is 0 Å². The molecule has 0 saturated heterocycles. The summed E-state index contributed by atoms with van der Waals surface area (Å²) in [7, 11) is 0. The van der Waals surface area contributed by atoms with E-state index in [-0.39, 0.29) is 0 Å². The Hall–Kier alpha value is -5.94. The van der Waals surface area contributed by atoms with E-state index in [1.165, 1.54) is 0 Å². The summed E-state index contributed by atoms with van der Waals surface area (Å²) >= 11 is 12.7. The first-order valence-electron chi connectivity index (χ1n) is 16.4. The first kappa shape index (κ1) is 30.1. The van der Waals surface area contributed by atoms with Gasteiger partial charge in [0.25, 0.3) is 0 Å². The van der Waals surface area contributed by atoms with Crippen LogP contribution in [0.1, 0.15) is 22.8 Å². The van der Waals surface area contributed by atoms with Crippen molar-refractivity contribution in [3.05, 3.63) is 166 Å². The molecule has 8 bridgehead atoms. The maximum Gasteiger partial charge on any atom is 0.0737 e. The number of fused-ring (bicyclic) bond motifs is 8. The Morgan fingerprint density at radius 2 is 0.600 bits per heavy atom. The summed E-state index contributed by atoms with van der Waals surface area (Å²) in [6.07, 6.45) is 8.41. The quantitative estimate of drug-likeness (QED) is 0.194. The third kappa shape index (κ3) is 5.45. The van der Waals surface area contributed by atoms with Gasteiger partial charge in [-0.2, -0.15) is 0 Å². The molecule has 0 amide bonds. The molecule has 238 valence electrons. The number of hydrogen-bond donors (Lipinski definition) is 2. The molecule has 50 heavy (non-hydrogen) atoms. The molecule has 0 fully saturated rings. The molecule has 9 rings (SSSR count). The minimum absolute atomic E-state index is 0.681. The fraction of sp³-hybridized carbons (Fsp3) is 0. The van der Waals surface area contributed by atoms with Gasteiger partial charge < -0.3 is 9.97 Å². The molecule has 6 heteroatoms. The van der Waals surface area contributed by atoms with Crippen molar-refractivity contribution in [2.45, 2.75) is 0 Å². The van der Waals surface area contributed by atoms with Crippen LogP contribution in [0.5, 0.6) is 0 Å². The molecular weight excluding hydrogens is 655 g/mol. The summed E-state index contributed by atoms with van der Waals surface area (Å²) in [5, 5.41) is 1.36. The minimum Gasteiger partial charge on any atom is -0.354 e. The Morgan fingerprint density at radius 1 is 0.320 bits per heavy atom. The zero-order chi connectivity index (χ0) is 33.6. The van der Waals surface area contributed by atoms with Crippen LogP contribution in [0, 0.1) is 0 Å². The molecule has 0 unspecified atom stereocenters. The summed E-state index contributed by atoms with van der Waals surface area (Å²) < 4.78 is 0. The first-order valence-corrected chi connectivity index (χ1v) is 17.1. The van der Waals surface area contributed by atoms with Crippen LogP contribution in [0.3, 0.4) is 0 Å². The van der Waals surface area contributed by atoms with Gasteiger partial charge in [-0.25, -0.2) is 9.97 Å². The number of nitrogens with one attached hydrogen (secondary N) is 2. The molecule has 4 nitrogen and oxygen atoms in total. The number of benzene rings is 4. The van der Waals surface area contributed by atoms with Crippen LogP contribution in [0.15, 0.2) is 133 Å². The average molecular weight is 684 g/mol. The lowest BCUT2D eigenvalue weighted by atomic mass is 10.0. The maximum absolute atomic E-state index is 6.37. The molecule has 2 aliphatic heterocycles. The van der Waals surface area contributed by atoms with Crippen molar-refractivity contribution in [2.75, 3.05) is 0 Å². The summed E-state index contributed by atoms with van der Waals surface area (Å²) in [6, 6.07) is 45.2. The molecule has 5 heterocycles. The van der Waals surface area contributed by atoms with Crippen molar-refractivity contribution in [3.8, 4) is 44.5 Å². The lowest BCUT2D eigenvalue weighted by Crippen LogP contribution is -1.89. The maximum atomic E-state index is 6.37. The van der Waals surface area contributed by atoms with Crippen molar-refractivity contribution >= 4 is 69.6 Å². The summed E-state index contributed by atoms with van der Waals surface area (Å²) in [4.78, 5) is 18.2. The molecule has 4 aromatic carbocycles. The van der Waals surface area contributed by atoms with Gasteiger partial charge in [0.15, 0.2) is 0 Å². The number of halogens is 2. The van der Waals surface area contributed by atoms with Crippen LogP contribution in [0.2, 0.25) is 10.0 Å². The Balaban J connectivity index is 1.47. The molecule has 0 radical (unpaired) electrons. The van der Waals surface area contributed by atoms with Crippen molar-refractivity contribution in [1.29, 1.82) is 0 Å². The van der Waals surface area contributed by atoms with E-state index in [2.05, 4.69) is 107 Å². The lowest BCUT2D eigenvalue weighted by Gasteiger charge is -2.07. The summed E-state index contributed by atoms with van der Waals surface area (Å²) in [5.74, 6) is 0. The lowest BCUT2D eigenvalue weighted by molar-refractivity contribution is 1.31. The number of aromatic nitrogens is 4. The predicted molar refractivity (Wildman–Crippen MR) is 211 cm³/mol. The molecule has 2 aliphatic rings. The van der Waals surface area contributed by atoms with E-state index in [9.17, 15) is 0 Å². The molecule has 0 saturated carbocycles. The highest BCUT2D eigenvalue weighted by atomic mass is 35.5. The number of H-pyrrole nitrogens is 2. The van der Waals surface area contributed by atoms with Crippen LogP contribution in [-0.4, -0.2) is 19.9 Å². The topological polar surface area (TPSA) is 57.4 Å². The van der Waals surface area contributed by atoms with E-state index in [4.69, 9.17) is 33.2 Å². The highest BCUT2D eigenvalue weighted by Crippen LogP contribution is 2.38. The highest BCUT2D eigenvalue weighted by molar-refractivity contribution is 6.31. The third-order valence-electron chi connectivity index (χ3n) is 9.14. The van der Waals surface area contributed by atoms with Gasteiger partial charge in [0.2, 0.25) is 0 Å². The van der Waals surface area contributed by atoms with Gasteiger partial charge in [0.1, 0.15) is 0 Å². The average Bonchev–Trinajstić information content (AvgIpc) is 3.98. The zero-order valence-electron chi connectivity index (χ0n) is 26.7. The van der Waals surface area contributed by atoms with Crippen LogP contribution < -0.4 is 0 Å². The summed E-state index contributed by atoms with van der Waals surface area (Å²) in [6.45, 7) is 0. The van der Waals surface area contributed by atoms with E-state index >= 15 is 0 Å². The SMILES string of the molecule is Clc1ccc(-c2c3nc(c(-c4ccccc4)c4ccc([nH]4)c(-c4ccc(Cl)cc4)c4nc(c(-c5ccccc5)c5ccc2[nH]5)C=C4)C=C3)cc1. The van der Waals surface area contributed by atoms with Crippen molar-refractivity contribution in [1.82, 2.24) is 19.9 Å². The number of nitrogens with zero attached hydrogens (tertiary/aromatic N) is 2. The minimum atomic E-state index is 0.681. The Kier molecular flexibility index (Phi) is 7.54. The fourth-order valence-electron chi connectivity index (χ4n) is 6.86. The Labute approximate surface area is 299 Å². The third-order valence-corrected chi connectivity index (χ3v) is 9.65. The number of hydrogen-bond acceptors (Lipinski definition) is 2. The highest BCUT2D eigenvalue weighted by Gasteiger charge is 2.18. The molecular formula is C44H28Cl2N4. The van der Waals surface area contributed by atoms with E-state index < -0.39 is 0 Å². The molecule has 7 aromatic rings. The van der Waals surface area contributed by atoms with Gasteiger partial charge in [-0.1, -0.05) is 108 Å². The van der Waals surface area contributed by atoms with Crippen molar-refractivity contribution in [2.24, 2.45) is 0 Å². The Bertz CT molecular complexity index is 2450. The second-order valence-corrected chi connectivity index (χ2v) is 13.1. The van der Waals surface area contributed by atoms with Crippen LogP contribution >= 0.6 is 23.2 Å². The van der Waals surface area contributed by atoms with Gasteiger partial charge in [0, 0.05) is 54.4 Å². The van der Waals surface area contributed by atoms with Crippen molar-refractivity contribution < 1.29 is 0 Å². The normalized spacial score (nSPS) is 12.0. The largest absolute Gasteiger partial charge is 0.354 e. The van der Waals surface area contributed by atoms with Gasteiger partial charge >= 0.3 is 0 Å². The standard InChI is InChI=1S/C44H28Cl2N4/c45-31-15-11-29(12-16-31)43-37-23-19-33(47-37)41(27-7-3-1-4-8-27)34-20-24-38(48-34)44(30-13-17-32(46)18-14-30)40-26-22-36(50-40)42(28-9-5-2-6-10-28)35-21-25-39(43)49-35/h1-26,47,50H. The van der Waals surface area contributed by atoms with E-state index in [0.29, 0.717) is 10.0 Å². The van der Waals surface area contributed by atoms with Crippen molar-refractivity contribution in [3.63, 3.8) is 0 Å².